The zero-order valence-corrected chi connectivity index (χ0v) is 23.4. The molecule has 0 aromatic heterocycles. The number of carbonyl (C=O) groups excluding carboxylic acids is 3. The lowest BCUT2D eigenvalue weighted by atomic mass is 10.1. The first-order chi connectivity index (χ1) is 19.7. The minimum absolute atomic E-state index is 0.0996. The van der Waals surface area contributed by atoms with Crippen molar-refractivity contribution in [1.29, 1.82) is 0 Å². The summed E-state index contributed by atoms with van der Waals surface area (Å²) in [5.74, 6) is -0.719. The van der Waals surface area contributed by atoms with Crippen LogP contribution in [0.3, 0.4) is 0 Å². The second-order valence-corrected chi connectivity index (χ2v) is 9.36. The molecule has 1 N–H and O–H groups in total. The number of nitrogens with one attached hydrogen (secondary N) is 1. The largest absolute Gasteiger partial charge is 0.493 e. The molecular weight excluding hydrogens is 555 g/mol. The van der Waals surface area contributed by atoms with Crippen molar-refractivity contribution in [3.63, 3.8) is 0 Å². The molecule has 0 aliphatic carbocycles. The fraction of sp³-hybridized carbons (Fsp3) is 0.233. The maximum Gasteiger partial charge on any atom is 0.331 e. The zero-order chi connectivity index (χ0) is 29.5. The molecule has 214 valence electrons. The third kappa shape index (κ3) is 6.78. The topological polar surface area (TPSA) is 103 Å². The van der Waals surface area contributed by atoms with Crippen LogP contribution in [0.15, 0.2) is 60.2 Å². The maximum absolute atomic E-state index is 14.0. The molecule has 3 aromatic carbocycles. The Bertz CT molecular complexity index is 1510. The monoisotopic (exact) mass is 582 g/mol. The molecule has 1 heterocycles. The second kappa shape index (κ2) is 13.2. The highest BCUT2D eigenvalue weighted by Gasteiger charge is 2.36. The minimum Gasteiger partial charge on any atom is -0.493 e. The Labute approximate surface area is 241 Å². The zero-order valence-electron chi connectivity index (χ0n) is 22.7. The van der Waals surface area contributed by atoms with E-state index in [4.69, 9.17) is 30.5 Å². The van der Waals surface area contributed by atoms with Gasteiger partial charge in [0.05, 0.1) is 32.4 Å². The molecule has 0 bridgehead atoms. The number of amides is 4. The SMILES string of the molecule is CCCOc1ccc(CN2C(=O)NC(=O)/C(=C\c3cc(Cl)c(OCc4ccccc4F)c(OC)c3)C2=O)cc1OC. The molecule has 1 aliphatic rings. The van der Waals surface area contributed by atoms with Gasteiger partial charge in [-0.25, -0.2) is 9.18 Å². The highest BCUT2D eigenvalue weighted by molar-refractivity contribution is 6.33. The van der Waals surface area contributed by atoms with Crippen LogP contribution in [0.2, 0.25) is 5.02 Å². The lowest BCUT2D eigenvalue weighted by Crippen LogP contribution is -2.53. The van der Waals surface area contributed by atoms with Gasteiger partial charge in [-0.15, -0.1) is 0 Å². The second-order valence-electron chi connectivity index (χ2n) is 8.96. The molecule has 9 nitrogen and oxygen atoms in total. The molecule has 0 atom stereocenters. The average Bonchev–Trinajstić information content (AvgIpc) is 2.96. The standard InChI is InChI=1S/C30H28ClFN2O7/c1-4-11-40-24-10-9-18(14-25(24)38-2)16-34-29(36)21(28(35)33-30(34)37)12-19-13-22(31)27(26(15-19)39-3)41-17-20-7-5-6-8-23(20)32/h5-10,12-15H,4,11,16-17H2,1-3H3,(H,33,35,37)/b21-12+. The van der Waals surface area contributed by atoms with E-state index in [0.29, 0.717) is 34.8 Å². The highest BCUT2D eigenvalue weighted by atomic mass is 35.5. The summed E-state index contributed by atoms with van der Waals surface area (Å²) in [4.78, 5) is 39.5. The van der Waals surface area contributed by atoms with E-state index in [1.54, 1.807) is 36.4 Å². The molecule has 4 rings (SSSR count). The van der Waals surface area contributed by atoms with Crippen molar-refractivity contribution in [2.45, 2.75) is 26.5 Å². The Morgan fingerprint density at radius 3 is 2.41 bits per heavy atom. The van der Waals surface area contributed by atoms with Crippen molar-refractivity contribution in [2.75, 3.05) is 20.8 Å². The van der Waals surface area contributed by atoms with Crippen LogP contribution in [-0.2, 0) is 22.7 Å². The number of methoxy groups -OCH3 is 2. The number of imide groups is 2. The molecule has 1 aliphatic heterocycles. The lowest BCUT2D eigenvalue weighted by Gasteiger charge is -2.26. The van der Waals surface area contributed by atoms with E-state index in [0.717, 1.165) is 11.3 Å². The van der Waals surface area contributed by atoms with Gasteiger partial charge in [-0.3, -0.25) is 19.8 Å². The van der Waals surface area contributed by atoms with Crippen LogP contribution in [0.4, 0.5) is 9.18 Å². The summed E-state index contributed by atoms with van der Waals surface area (Å²) in [5.41, 5.74) is 0.977. The van der Waals surface area contributed by atoms with Gasteiger partial charge < -0.3 is 18.9 Å². The van der Waals surface area contributed by atoms with E-state index in [1.807, 2.05) is 6.92 Å². The molecule has 1 saturated heterocycles. The number of urea groups is 1. The lowest BCUT2D eigenvalue weighted by molar-refractivity contribution is -0.130. The Kier molecular flexibility index (Phi) is 9.46. The molecule has 0 unspecified atom stereocenters. The number of hydrogen-bond acceptors (Lipinski definition) is 7. The van der Waals surface area contributed by atoms with Crippen molar-refractivity contribution in [1.82, 2.24) is 10.2 Å². The van der Waals surface area contributed by atoms with Crippen LogP contribution in [-0.4, -0.2) is 43.6 Å². The molecule has 4 amide bonds. The summed E-state index contributed by atoms with van der Waals surface area (Å²) in [6.07, 6.45) is 2.12. The summed E-state index contributed by atoms with van der Waals surface area (Å²) >= 11 is 6.44. The van der Waals surface area contributed by atoms with Gasteiger partial charge in [-0.05, 0) is 54.0 Å². The predicted octanol–water partition coefficient (Wildman–Crippen LogP) is 5.53. The van der Waals surface area contributed by atoms with Crippen molar-refractivity contribution < 1.29 is 37.7 Å². The van der Waals surface area contributed by atoms with Crippen LogP contribution in [0, 0.1) is 5.82 Å². The normalized spacial score (nSPS) is 14.2. The molecule has 0 spiro atoms. The smallest absolute Gasteiger partial charge is 0.331 e. The number of benzene rings is 3. The van der Waals surface area contributed by atoms with Crippen LogP contribution in [0.1, 0.15) is 30.0 Å². The Hall–Kier alpha value is -4.57. The molecule has 41 heavy (non-hydrogen) atoms. The van der Waals surface area contributed by atoms with Gasteiger partial charge in [0, 0.05) is 5.56 Å². The number of barbiturate groups is 1. The minimum atomic E-state index is -0.855. The van der Waals surface area contributed by atoms with E-state index < -0.39 is 23.7 Å². The fourth-order valence-corrected chi connectivity index (χ4v) is 4.33. The Morgan fingerprint density at radius 2 is 1.71 bits per heavy atom. The summed E-state index contributed by atoms with van der Waals surface area (Å²) in [6, 6.07) is 13.4. The van der Waals surface area contributed by atoms with Gasteiger partial charge in [0.25, 0.3) is 11.8 Å². The quantitative estimate of drug-likeness (QED) is 0.234. The highest BCUT2D eigenvalue weighted by Crippen LogP contribution is 2.38. The number of halogens is 2. The van der Waals surface area contributed by atoms with Crippen LogP contribution < -0.4 is 24.3 Å². The molecule has 0 saturated carbocycles. The van der Waals surface area contributed by atoms with E-state index >= 15 is 0 Å². The number of ether oxygens (including phenoxy) is 4. The molecular formula is C30H28ClFN2O7. The summed E-state index contributed by atoms with van der Waals surface area (Å²) in [7, 11) is 2.89. The van der Waals surface area contributed by atoms with Gasteiger partial charge in [0.2, 0.25) is 0 Å². The van der Waals surface area contributed by atoms with E-state index in [9.17, 15) is 18.8 Å². The van der Waals surface area contributed by atoms with Gasteiger partial charge >= 0.3 is 6.03 Å². The van der Waals surface area contributed by atoms with Crippen molar-refractivity contribution >= 4 is 35.5 Å². The molecule has 3 aromatic rings. The van der Waals surface area contributed by atoms with Crippen molar-refractivity contribution in [2.24, 2.45) is 0 Å². The number of hydrogen-bond donors (Lipinski definition) is 1. The van der Waals surface area contributed by atoms with Gasteiger partial charge in [0.15, 0.2) is 23.0 Å². The van der Waals surface area contributed by atoms with Crippen LogP contribution in [0.5, 0.6) is 23.0 Å². The van der Waals surface area contributed by atoms with Gasteiger partial charge in [-0.1, -0.05) is 42.8 Å². The van der Waals surface area contributed by atoms with E-state index in [1.165, 1.54) is 38.5 Å². The number of rotatable bonds is 11. The van der Waals surface area contributed by atoms with E-state index in [2.05, 4.69) is 5.32 Å². The number of nitrogens with zero attached hydrogens (tertiary/aromatic N) is 1. The van der Waals surface area contributed by atoms with Crippen LogP contribution >= 0.6 is 11.6 Å². The molecule has 11 heteroatoms. The van der Waals surface area contributed by atoms with Crippen molar-refractivity contribution in [3.05, 3.63) is 87.7 Å². The molecule has 0 radical (unpaired) electrons. The van der Waals surface area contributed by atoms with Crippen LogP contribution in [0.25, 0.3) is 6.08 Å². The summed E-state index contributed by atoms with van der Waals surface area (Å²) in [6.45, 7) is 2.27. The Morgan fingerprint density at radius 1 is 0.951 bits per heavy atom. The molecule has 1 fully saturated rings. The third-order valence-electron chi connectivity index (χ3n) is 6.11. The van der Waals surface area contributed by atoms with Gasteiger partial charge in [0.1, 0.15) is 18.0 Å². The third-order valence-corrected chi connectivity index (χ3v) is 6.39. The fourth-order valence-electron chi connectivity index (χ4n) is 4.06. The summed E-state index contributed by atoms with van der Waals surface area (Å²) < 4.78 is 36.2. The first-order valence-corrected chi connectivity index (χ1v) is 13.1. The summed E-state index contributed by atoms with van der Waals surface area (Å²) in [5, 5.41) is 2.31. The maximum atomic E-state index is 14.0. The van der Waals surface area contributed by atoms with E-state index in [-0.39, 0.29) is 35.2 Å². The first kappa shape index (κ1) is 29.4. The average molecular weight is 583 g/mol. The van der Waals surface area contributed by atoms with Crippen molar-refractivity contribution in [3.8, 4) is 23.0 Å². The number of carbonyl (C=O) groups is 3. The first-order valence-electron chi connectivity index (χ1n) is 12.7. The predicted molar refractivity (Wildman–Crippen MR) is 150 cm³/mol. The van der Waals surface area contributed by atoms with Gasteiger partial charge in [-0.2, -0.15) is 0 Å². The Balaban J connectivity index is 1.57.